The lowest BCUT2D eigenvalue weighted by molar-refractivity contribution is -0.141. The molecule has 19 heavy (non-hydrogen) atoms. The van der Waals surface area contributed by atoms with Crippen molar-refractivity contribution in [3.05, 3.63) is 47.7 Å². The quantitative estimate of drug-likeness (QED) is 0.675. The Bertz CT molecular complexity index is 579. The monoisotopic (exact) mass is 271 g/mol. The van der Waals surface area contributed by atoms with Gasteiger partial charge >= 0.3 is 6.18 Å². The molecule has 0 unspecified atom stereocenters. The van der Waals surface area contributed by atoms with Crippen LogP contribution in [0.4, 0.5) is 17.6 Å². The lowest BCUT2D eigenvalue weighted by Crippen LogP contribution is -2.07. The molecule has 2 aromatic rings. The summed E-state index contributed by atoms with van der Waals surface area (Å²) in [5.74, 6) is -0.738. The first-order chi connectivity index (χ1) is 8.90. The minimum absolute atomic E-state index is 0.112. The Morgan fingerprint density at radius 2 is 1.89 bits per heavy atom. The molecule has 100 valence electrons. The molecular weight excluding hydrogens is 262 g/mol. The first kappa shape index (κ1) is 13.4. The molecule has 3 nitrogen and oxygen atoms in total. The summed E-state index contributed by atoms with van der Waals surface area (Å²) in [6, 6.07) is 4.69. The standard InChI is InChI=1S/C12H9F4N3/c13-11-4-7(5-17)3-9(19-11)8-1-2-10(18-6-8)12(14,15)16/h1-4,6H,5,17H2. The third kappa shape index (κ3) is 3.05. The predicted octanol–water partition coefficient (Wildman–Crippen LogP) is 2.76. The number of nitrogens with zero attached hydrogens (tertiary/aromatic N) is 2. The Kier molecular flexibility index (Phi) is 3.48. The van der Waals surface area contributed by atoms with E-state index in [-0.39, 0.29) is 12.2 Å². The van der Waals surface area contributed by atoms with Crippen LogP contribution in [0.1, 0.15) is 11.3 Å². The first-order valence-corrected chi connectivity index (χ1v) is 5.30. The Labute approximate surface area is 106 Å². The van der Waals surface area contributed by atoms with Crippen molar-refractivity contribution in [3.63, 3.8) is 0 Å². The van der Waals surface area contributed by atoms with Crippen LogP contribution in [0, 0.1) is 5.95 Å². The lowest BCUT2D eigenvalue weighted by Gasteiger charge is -2.07. The third-order valence-electron chi connectivity index (χ3n) is 2.44. The molecule has 0 saturated carbocycles. The van der Waals surface area contributed by atoms with E-state index in [1.165, 1.54) is 18.2 Å². The second-order valence-electron chi connectivity index (χ2n) is 3.82. The van der Waals surface area contributed by atoms with Crippen LogP contribution in [0.25, 0.3) is 11.3 Å². The van der Waals surface area contributed by atoms with Crippen LogP contribution < -0.4 is 5.73 Å². The van der Waals surface area contributed by atoms with E-state index < -0.39 is 17.8 Å². The molecule has 0 aliphatic carbocycles. The highest BCUT2D eigenvalue weighted by molar-refractivity contribution is 5.58. The zero-order valence-corrected chi connectivity index (χ0v) is 9.58. The maximum atomic E-state index is 13.2. The smallest absolute Gasteiger partial charge is 0.326 e. The Hall–Kier alpha value is -2.02. The van der Waals surface area contributed by atoms with Crippen molar-refractivity contribution in [1.29, 1.82) is 0 Å². The number of nitrogens with two attached hydrogens (primary N) is 1. The summed E-state index contributed by atoms with van der Waals surface area (Å²) in [7, 11) is 0. The molecule has 0 saturated heterocycles. The van der Waals surface area contributed by atoms with Gasteiger partial charge in [-0.3, -0.25) is 4.98 Å². The fraction of sp³-hybridized carbons (Fsp3) is 0.167. The number of hydrogen-bond acceptors (Lipinski definition) is 3. The molecule has 0 amide bonds. The van der Waals surface area contributed by atoms with Gasteiger partial charge in [-0.05, 0) is 29.8 Å². The molecule has 2 rings (SSSR count). The van der Waals surface area contributed by atoms with Crippen LogP contribution in [0.3, 0.4) is 0 Å². The van der Waals surface area contributed by atoms with Crippen LogP contribution >= 0.6 is 0 Å². The average Bonchev–Trinajstić information content (AvgIpc) is 2.37. The largest absolute Gasteiger partial charge is 0.433 e. The molecule has 2 heterocycles. The van der Waals surface area contributed by atoms with Gasteiger partial charge in [0.2, 0.25) is 5.95 Å². The van der Waals surface area contributed by atoms with Gasteiger partial charge in [-0.25, -0.2) is 4.98 Å². The second kappa shape index (κ2) is 4.93. The minimum atomic E-state index is -4.50. The normalized spacial score (nSPS) is 11.6. The van der Waals surface area contributed by atoms with Crippen molar-refractivity contribution in [2.45, 2.75) is 12.7 Å². The fourth-order valence-electron chi connectivity index (χ4n) is 1.53. The maximum Gasteiger partial charge on any atom is 0.433 e. The molecule has 0 aliphatic rings. The highest BCUT2D eigenvalue weighted by Crippen LogP contribution is 2.28. The van der Waals surface area contributed by atoms with E-state index in [0.717, 1.165) is 12.3 Å². The molecular formula is C12H9F4N3. The average molecular weight is 271 g/mol. The number of rotatable bonds is 2. The van der Waals surface area contributed by atoms with E-state index in [9.17, 15) is 17.6 Å². The summed E-state index contributed by atoms with van der Waals surface area (Å²) >= 11 is 0. The molecule has 0 aromatic carbocycles. The Morgan fingerprint density at radius 1 is 1.16 bits per heavy atom. The zero-order valence-electron chi connectivity index (χ0n) is 9.58. The first-order valence-electron chi connectivity index (χ1n) is 5.30. The van der Waals surface area contributed by atoms with Gasteiger partial charge in [0.1, 0.15) is 5.69 Å². The second-order valence-corrected chi connectivity index (χ2v) is 3.82. The molecule has 0 atom stereocenters. The van der Waals surface area contributed by atoms with Gasteiger partial charge in [-0.15, -0.1) is 0 Å². The van der Waals surface area contributed by atoms with Crippen LogP contribution in [0.15, 0.2) is 30.5 Å². The van der Waals surface area contributed by atoms with Crippen molar-refractivity contribution < 1.29 is 17.6 Å². The summed E-state index contributed by atoms with van der Waals surface area (Å²) in [4.78, 5) is 6.89. The van der Waals surface area contributed by atoms with E-state index in [1.807, 2.05) is 0 Å². The maximum absolute atomic E-state index is 13.2. The number of halogens is 4. The molecule has 2 N–H and O–H groups in total. The van der Waals surface area contributed by atoms with Gasteiger partial charge in [0.05, 0.1) is 5.69 Å². The third-order valence-corrected chi connectivity index (χ3v) is 2.44. The van der Waals surface area contributed by atoms with Crippen molar-refractivity contribution in [2.24, 2.45) is 5.73 Å². The highest BCUT2D eigenvalue weighted by atomic mass is 19.4. The highest BCUT2D eigenvalue weighted by Gasteiger charge is 2.32. The summed E-state index contributed by atoms with van der Waals surface area (Å²) in [5, 5.41) is 0. The van der Waals surface area contributed by atoms with Crippen LogP contribution in [-0.2, 0) is 12.7 Å². The van der Waals surface area contributed by atoms with Crippen molar-refractivity contribution in [3.8, 4) is 11.3 Å². The molecule has 0 aliphatic heterocycles. The van der Waals surface area contributed by atoms with Crippen molar-refractivity contribution in [1.82, 2.24) is 9.97 Å². The van der Waals surface area contributed by atoms with Gasteiger partial charge in [0, 0.05) is 18.3 Å². The van der Waals surface area contributed by atoms with Crippen LogP contribution in [-0.4, -0.2) is 9.97 Å². The minimum Gasteiger partial charge on any atom is -0.326 e. The summed E-state index contributed by atoms with van der Waals surface area (Å²) < 4.78 is 50.3. The molecule has 0 bridgehead atoms. The van der Waals surface area contributed by atoms with E-state index in [1.54, 1.807) is 0 Å². The molecule has 2 aromatic heterocycles. The van der Waals surface area contributed by atoms with Crippen LogP contribution in [0.5, 0.6) is 0 Å². The van der Waals surface area contributed by atoms with E-state index in [0.29, 0.717) is 11.1 Å². The van der Waals surface area contributed by atoms with E-state index in [2.05, 4.69) is 9.97 Å². The molecule has 0 fully saturated rings. The number of hydrogen-bond donors (Lipinski definition) is 1. The molecule has 0 radical (unpaired) electrons. The SMILES string of the molecule is NCc1cc(F)nc(-c2ccc(C(F)(F)F)nc2)c1. The van der Waals surface area contributed by atoms with Crippen molar-refractivity contribution in [2.75, 3.05) is 0 Å². The topological polar surface area (TPSA) is 51.8 Å². The summed E-state index contributed by atoms with van der Waals surface area (Å²) in [5.41, 5.74) is 5.37. The van der Waals surface area contributed by atoms with E-state index in [4.69, 9.17) is 5.73 Å². The van der Waals surface area contributed by atoms with Gasteiger partial charge in [-0.2, -0.15) is 17.6 Å². The van der Waals surface area contributed by atoms with Crippen LogP contribution in [0.2, 0.25) is 0 Å². The fourth-order valence-corrected chi connectivity index (χ4v) is 1.53. The predicted molar refractivity (Wildman–Crippen MR) is 60.3 cm³/mol. The molecule has 0 spiro atoms. The van der Waals surface area contributed by atoms with Gasteiger partial charge in [0.25, 0.3) is 0 Å². The Balaban J connectivity index is 2.40. The zero-order chi connectivity index (χ0) is 14.0. The number of aromatic nitrogens is 2. The lowest BCUT2D eigenvalue weighted by atomic mass is 10.1. The van der Waals surface area contributed by atoms with Crippen molar-refractivity contribution >= 4 is 0 Å². The van der Waals surface area contributed by atoms with Gasteiger partial charge < -0.3 is 5.73 Å². The number of alkyl halides is 3. The summed E-state index contributed by atoms with van der Waals surface area (Å²) in [6.45, 7) is 0.112. The van der Waals surface area contributed by atoms with Gasteiger partial charge in [0.15, 0.2) is 0 Å². The Morgan fingerprint density at radius 3 is 2.42 bits per heavy atom. The van der Waals surface area contributed by atoms with Gasteiger partial charge in [-0.1, -0.05) is 0 Å². The number of pyridine rings is 2. The van der Waals surface area contributed by atoms with E-state index >= 15 is 0 Å². The summed E-state index contributed by atoms with van der Waals surface area (Å²) in [6.07, 6.45) is -3.50. The molecule has 7 heteroatoms.